The van der Waals surface area contributed by atoms with Crippen LogP contribution in [-0.2, 0) is 26.1 Å². The van der Waals surface area contributed by atoms with E-state index in [1.54, 1.807) is 18.2 Å². The van der Waals surface area contributed by atoms with Crippen molar-refractivity contribution in [3.8, 4) is 0 Å². The fraction of sp³-hybridized carbons (Fsp3) is 0.435. The summed E-state index contributed by atoms with van der Waals surface area (Å²) in [6.07, 6.45) is -0.255. The van der Waals surface area contributed by atoms with Gasteiger partial charge in [0.05, 0.1) is 29.8 Å². The maximum absolute atomic E-state index is 13.1. The predicted molar refractivity (Wildman–Crippen MR) is 120 cm³/mol. The number of ether oxygens (including phenoxy) is 2. The average Bonchev–Trinajstić information content (AvgIpc) is 2.72. The summed E-state index contributed by atoms with van der Waals surface area (Å²) < 4.78 is 38.9. The highest BCUT2D eigenvalue weighted by molar-refractivity contribution is 7.89. The van der Waals surface area contributed by atoms with Crippen molar-refractivity contribution in [1.82, 2.24) is 4.31 Å². The van der Waals surface area contributed by atoms with Crippen LogP contribution in [0.2, 0.25) is 0 Å². The van der Waals surface area contributed by atoms with Crippen molar-refractivity contribution in [3.63, 3.8) is 0 Å². The van der Waals surface area contributed by atoms with Crippen LogP contribution < -0.4 is 5.32 Å². The van der Waals surface area contributed by atoms with Gasteiger partial charge in [-0.2, -0.15) is 4.31 Å². The zero-order chi connectivity index (χ0) is 22.6. The lowest BCUT2D eigenvalue weighted by molar-refractivity contribution is -0.0440. The number of morpholine rings is 1. The molecule has 1 aliphatic heterocycles. The molecule has 0 radical (unpaired) electrons. The summed E-state index contributed by atoms with van der Waals surface area (Å²) in [4.78, 5) is 12.9. The monoisotopic (exact) mass is 446 g/mol. The molecule has 1 fully saturated rings. The Hall–Kier alpha value is -2.26. The van der Waals surface area contributed by atoms with E-state index in [4.69, 9.17) is 9.47 Å². The number of carbonyl (C=O) groups excluding carboxylic acids is 1. The molecule has 0 saturated carbocycles. The summed E-state index contributed by atoms with van der Waals surface area (Å²) in [5.74, 6) is -0.373. The Balaban J connectivity index is 1.75. The largest absolute Gasteiger partial charge is 0.374 e. The number of hydrogen-bond acceptors (Lipinski definition) is 5. The van der Waals surface area contributed by atoms with Crippen LogP contribution in [0.1, 0.15) is 43.6 Å². The summed E-state index contributed by atoms with van der Waals surface area (Å²) >= 11 is 0. The van der Waals surface area contributed by atoms with Gasteiger partial charge in [0.1, 0.15) is 0 Å². The molecule has 0 spiro atoms. The Bertz CT molecular complexity index is 1010. The van der Waals surface area contributed by atoms with E-state index in [2.05, 4.69) is 5.32 Å². The molecule has 0 aromatic heterocycles. The van der Waals surface area contributed by atoms with Crippen LogP contribution >= 0.6 is 0 Å². The number of amides is 1. The Morgan fingerprint density at radius 1 is 1.13 bits per heavy atom. The van der Waals surface area contributed by atoms with Crippen molar-refractivity contribution in [2.45, 2.75) is 57.5 Å². The second kappa shape index (κ2) is 9.91. The third kappa shape index (κ3) is 6.13. The van der Waals surface area contributed by atoms with Crippen LogP contribution in [0.15, 0.2) is 53.4 Å². The van der Waals surface area contributed by atoms with Crippen LogP contribution in [0.4, 0.5) is 5.69 Å². The number of hydrogen-bond donors (Lipinski definition) is 1. The standard InChI is InChI=1S/C23H30N2O5S/c1-16(2)29-15-19-7-5-9-21(11-19)24-23(26)20-8-6-10-22(12-20)31(27,28)25-13-17(3)30-18(4)14-25/h5-12,16-18H,13-15H2,1-4H3,(H,24,26). The third-order valence-electron chi connectivity index (χ3n) is 4.89. The number of rotatable bonds is 7. The first-order chi connectivity index (χ1) is 14.6. The summed E-state index contributed by atoms with van der Waals surface area (Å²) in [6.45, 7) is 8.65. The lowest BCUT2D eigenvalue weighted by Gasteiger charge is -2.34. The van der Waals surface area contributed by atoms with Gasteiger partial charge in [-0.3, -0.25) is 4.79 Å². The molecule has 0 bridgehead atoms. The molecule has 8 heteroatoms. The van der Waals surface area contributed by atoms with Crippen LogP contribution in [0.25, 0.3) is 0 Å². The first-order valence-electron chi connectivity index (χ1n) is 10.4. The van der Waals surface area contributed by atoms with E-state index in [-0.39, 0.29) is 47.8 Å². The fourth-order valence-corrected chi connectivity index (χ4v) is 5.12. The fourth-order valence-electron chi connectivity index (χ4n) is 3.48. The van der Waals surface area contributed by atoms with Gasteiger partial charge in [-0.05, 0) is 63.6 Å². The van der Waals surface area contributed by atoms with E-state index in [0.717, 1.165) is 5.56 Å². The highest BCUT2D eigenvalue weighted by atomic mass is 32.2. The van der Waals surface area contributed by atoms with Crippen molar-refractivity contribution in [2.75, 3.05) is 18.4 Å². The molecule has 2 atom stereocenters. The molecule has 3 rings (SSSR count). The first-order valence-corrected chi connectivity index (χ1v) is 11.9. The molecule has 7 nitrogen and oxygen atoms in total. The summed E-state index contributed by atoms with van der Waals surface area (Å²) in [7, 11) is -3.72. The highest BCUT2D eigenvalue weighted by Crippen LogP contribution is 2.22. The van der Waals surface area contributed by atoms with E-state index < -0.39 is 10.0 Å². The SMILES string of the molecule is CC(C)OCc1cccc(NC(=O)c2cccc(S(=O)(=O)N3CC(C)OC(C)C3)c2)c1. The van der Waals surface area contributed by atoms with Crippen molar-refractivity contribution >= 4 is 21.6 Å². The lowest BCUT2D eigenvalue weighted by atomic mass is 10.2. The van der Waals surface area contributed by atoms with Gasteiger partial charge in [0.15, 0.2) is 0 Å². The van der Waals surface area contributed by atoms with Crippen LogP contribution in [0, 0.1) is 0 Å². The van der Waals surface area contributed by atoms with Crippen molar-refractivity contribution in [2.24, 2.45) is 0 Å². The van der Waals surface area contributed by atoms with Crippen molar-refractivity contribution in [3.05, 3.63) is 59.7 Å². The Kier molecular flexibility index (Phi) is 7.48. The minimum Gasteiger partial charge on any atom is -0.374 e. The van der Waals surface area contributed by atoms with Crippen LogP contribution in [0.5, 0.6) is 0 Å². The molecule has 2 unspecified atom stereocenters. The lowest BCUT2D eigenvalue weighted by Crippen LogP contribution is -2.48. The van der Waals surface area contributed by atoms with E-state index >= 15 is 0 Å². The zero-order valence-corrected chi connectivity index (χ0v) is 19.2. The molecule has 168 valence electrons. The van der Waals surface area contributed by atoms with Gasteiger partial charge in [0, 0.05) is 24.3 Å². The minimum absolute atomic E-state index is 0.0977. The van der Waals surface area contributed by atoms with E-state index in [9.17, 15) is 13.2 Å². The third-order valence-corrected chi connectivity index (χ3v) is 6.72. The molecular weight excluding hydrogens is 416 g/mol. The maximum atomic E-state index is 13.1. The van der Waals surface area contributed by atoms with Gasteiger partial charge < -0.3 is 14.8 Å². The second-order valence-electron chi connectivity index (χ2n) is 8.12. The number of sulfonamides is 1. The molecule has 2 aromatic carbocycles. The van der Waals surface area contributed by atoms with Gasteiger partial charge >= 0.3 is 0 Å². The van der Waals surface area contributed by atoms with Crippen LogP contribution in [0.3, 0.4) is 0 Å². The van der Waals surface area contributed by atoms with Gasteiger partial charge in [-0.1, -0.05) is 18.2 Å². The van der Waals surface area contributed by atoms with Gasteiger partial charge in [-0.15, -0.1) is 0 Å². The molecule has 1 aliphatic rings. The molecule has 31 heavy (non-hydrogen) atoms. The molecule has 0 aliphatic carbocycles. The average molecular weight is 447 g/mol. The Labute approximate surface area is 184 Å². The molecule has 1 N–H and O–H groups in total. The van der Waals surface area contributed by atoms with Crippen molar-refractivity contribution < 1.29 is 22.7 Å². The molecule has 1 heterocycles. The summed E-state index contributed by atoms with van der Waals surface area (Å²) in [6, 6.07) is 13.5. The molecule has 1 amide bonds. The number of benzene rings is 2. The number of nitrogens with one attached hydrogen (secondary N) is 1. The topological polar surface area (TPSA) is 84.9 Å². The van der Waals surface area contributed by atoms with Crippen molar-refractivity contribution in [1.29, 1.82) is 0 Å². The quantitative estimate of drug-likeness (QED) is 0.702. The Morgan fingerprint density at radius 2 is 1.81 bits per heavy atom. The second-order valence-corrected chi connectivity index (χ2v) is 10.1. The zero-order valence-electron chi connectivity index (χ0n) is 18.4. The summed E-state index contributed by atoms with van der Waals surface area (Å²) in [5.41, 5.74) is 1.84. The smallest absolute Gasteiger partial charge is 0.255 e. The first kappa shape index (κ1) is 23.4. The Morgan fingerprint density at radius 3 is 2.48 bits per heavy atom. The number of nitrogens with zero attached hydrogens (tertiary/aromatic N) is 1. The summed E-state index contributed by atoms with van der Waals surface area (Å²) in [5, 5.41) is 2.84. The van der Waals surface area contributed by atoms with E-state index in [1.165, 1.54) is 16.4 Å². The maximum Gasteiger partial charge on any atom is 0.255 e. The number of carbonyl (C=O) groups is 1. The molecule has 2 aromatic rings. The normalized spacial score (nSPS) is 20.0. The van der Waals surface area contributed by atoms with E-state index in [0.29, 0.717) is 12.3 Å². The minimum atomic E-state index is -3.72. The number of anilines is 1. The van der Waals surface area contributed by atoms with Gasteiger partial charge in [0.2, 0.25) is 10.0 Å². The molecular formula is C23H30N2O5S. The van der Waals surface area contributed by atoms with Gasteiger partial charge in [-0.25, -0.2) is 8.42 Å². The van der Waals surface area contributed by atoms with Gasteiger partial charge in [0.25, 0.3) is 5.91 Å². The van der Waals surface area contributed by atoms with E-state index in [1.807, 2.05) is 45.9 Å². The highest BCUT2D eigenvalue weighted by Gasteiger charge is 2.32. The predicted octanol–water partition coefficient (Wildman–Crippen LogP) is 3.66. The molecule has 1 saturated heterocycles. The van der Waals surface area contributed by atoms with Crippen LogP contribution in [-0.4, -0.2) is 50.0 Å².